The zero-order valence-electron chi connectivity index (χ0n) is 39.9. The van der Waals surface area contributed by atoms with Crippen LogP contribution in [-0.2, 0) is 22.7 Å². The van der Waals surface area contributed by atoms with E-state index >= 15 is 0 Å². The van der Waals surface area contributed by atoms with E-state index < -0.39 is 24.3 Å². The number of hydrogen-bond acceptors (Lipinski definition) is 14. The van der Waals surface area contributed by atoms with Gasteiger partial charge in [-0.1, -0.05) is 34.7 Å². The van der Waals surface area contributed by atoms with Gasteiger partial charge in [-0.05, 0) is 89.3 Å². The van der Waals surface area contributed by atoms with Crippen molar-refractivity contribution < 1.29 is 65.3 Å². The average molecular weight is 1040 g/mol. The SMILES string of the molecule is CCN1C(=O)c2cccc3c(-n4cc(CN5CCCNCCN(Cc6cn(-c7ccc8c9c(cccc79)C(=O)N(CC)C8=O)nn6)CCCNCC5)nn4)ccc(c23)C1=O.O=C(O)C(F)(F)F.O=C(O)C(F)(F)F. The summed E-state index contributed by atoms with van der Waals surface area (Å²) in [5.41, 5.74) is 5.36. The second-order valence-electron chi connectivity index (χ2n) is 17.1. The molecule has 4 amide bonds. The lowest BCUT2D eigenvalue weighted by Gasteiger charge is -2.26. The normalized spacial score (nSPS) is 16.4. The Labute approximate surface area is 417 Å². The Kier molecular flexibility index (Phi) is 16.8. The molecule has 0 aliphatic carbocycles. The largest absolute Gasteiger partial charge is 0.490 e. The first-order chi connectivity index (χ1) is 35.2. The molecule has 74 heavy (non-hydrogen) atoms. The molecule has 392 valence electrons. The highest BCUT2D eigenvalue weighted by Gasteiger charge is 2.39. The number of imide groups is 2. The number of carboxylic acid groups (broad SMARTS) is 2. The van der Waals surface area contributed by atoms with Gasteiger partial charge in [-0.2, -0.15) is 26.3 Å². The van der Waals surface area contributed by atoms with Crippen molar-refractivity contribution in [1.29, 1.82) is 0 Å². The minimum Gasteiger partial charge on any atom is -0.475 e. The van der Waals surface area contributed by atoms with Crippen molar-refractivity contribution in [2.45, 2.75) is 52.1 Å². The van der Waals surface area contributed by atoms with Crippen LogP contribution in [0.4, 0.5) is 26.3 Å². The molecule has 20 nitrogen and oxygen atoms in total. The fourth-order valence-corrected chi connectivity index (χ4v) is 8.79. The van der Waals surface area contributed by atoms with Crippen LogP contribution >= 0.6 is 0 Å². The van der Waals surface area contributed by atoms with Gasteiger partial charge in [0.15, 0.2) is 0 Å². The van der Waals surface area contributed by atoms with Gasteiger partial charge in [0.1, 0.15) is 0 Å². The molecule has 1 saturated heterocycles. The predicted molar refractivity (Wildman–Crippen MR) is 253 cm³/mol. The van der Waals surface area contributed by atoms with Gasteiger partial charge < -0.3 is 20.8 Å². The number of rotatable bonds is 8. The first-order valence-corrected chi connectivity index (χ1v) is 23.4. The van der Waals surface area contributed by atoms with Crippen LogP contribution in [0.25, 0.3) is 32.9 Å². The molecule has 0 radical (unpaired) electrons. The minimum absolute atomic E-state index is 0.271. The third-order valence-corrected chi connectivity index (χ3v) is 12.3. The molecule has 6 aromatic rings. The molecule has 5 heterocycles. The Balaban J connectivity index is 0.000000504. The zero-order valence-corrected chi connectivity index (χ0v) is 39.9. The molecule has 0 unspecified atom stereocenters. The summed E-state index contributed by atoms with van der Waals surface area (Å²) in [4.78, 5) is 77.7. The van der Waals surface area contributed by atoms with E-state index in [0.29, 0.717) is 59.2 Å². The quantitative estimate of drug-likeness (QED) is 0.117. The lowest BCUT2D eigenvalue weighted by Crippen LogP contribution is -2.40. The number of carbonyl (C=O) groups is 6. The number of nitrogens with one attached hydrogen (secondary N) is 2. The Morgan fingerprint density at radius 1 is 0.541 bits per heavy atom. The molecule has 1 fully saturated rings. The highest BCUT2D eigenvalue weighted by atomic mass is 19.4. The van der Waals surface area contributed by atoms with Crippen LogP contribution in [-0.4, -0.2) is 173 Å². The first-order valence-electron chi connectivity index (χ1n) is 23.4. The number of halogens is 6. The number of alkyl halides is 6. The molecule has 3 aliphatic heterocycles. The third kappa shape index (κ3) is 12.0. The Bertz CT molecular complexity index is 2820. The second kappa shape index (κ2) is 23.0. The number of amides is 4. The topological polar surface area (TPSA) is 241 Å². The van der Waals surface area contributed by atoms with E-state index in [1.807, 2.05) is 62.6 Å². The molecule has 0 atom stereocenters. The number of carboxylic acids is 2. The van der Waals surface area contributed by atoms with Gasteiger partial charge in [-0.25, -0.2) is 19.0 Å². The average Bonchev–Trinajstić information content (AvgIpc) is 4.03. The van der Waals surface area contributed by atoms with Crippen LogP contribution in [0.15, 0.2) is 73.1 Å². The molecule has 3 aliphatic rings. The Hall–Kier alpha value is -7.68. The van der Waals surface area contributed by atoms with Crippen LogP contribution < -0.4 is 10.6 Å². The fourth-order valence-electron chi connectivity index (χ4n) is 8.79. The lowest BCUT2D eigenvalue weighted by molar-refractivity contribution is -0.193. The molecule has 4 N–H and O–H groups in total. The van der Waals surface area contributed by atoms with E-state index in [2.05, 4.69) is 41.1 Å². The standard InChI is InChI=1S/C44H48N12O4.2C2HF3O2/c1-3-53-41(57)33-11-5-9-31-37(15-13-35(39(31)33)43(53)59)55-27-29(47-49-55)25-51-21-7-17-46-20-24-52(22-8-18-45-19-23-51)26-30-28-56(50-48-30)38-16-14-36-40-32(38)10-6-12-34(40)42(58)54(4-2)44(36)60;2*3-2(4,5)1(6)7/h5-6,9-16,27-28,45-46H,3-4,7-8,17-26H2,1-2H3;2*(H,6,7). The van der Waals surface area contributed by atoms with E-state index in [1.165, 1.54) is 9.80 Å². The number of hydrogen-bond donors (Lipinski definition) is 4. The lowest BCUT2D eigenvalue weighted by atomic mass is 9.93. The molecular formula is C48H50F6N12O8. The summed E-state index contributed by atoms with van der Waals surface area (Å²) in [6, 6.07) is 18.5. The van der Waals surface area contributed by atoms with Crippen molar-refractivity contribution in [3.8, 4) is 11.4 Å². The van der Waals surface area contributed by atoms with E-state index in [4.69, 9.17) is 19.8 Å². The van der Waals surface area contributed by atoms with E-state index in [-0.39, 0.29) is 23.6 Å². The van der Waals surface area contributed by atoms with Crippen molar-refractivity contribution in [2.24, 2.45) is 0 Å². The first kappa shape index (κ1) is 54.1. The highest BCUT2D eigenvalue weighted by molar-refractivity contribution is 6.27. The Morgan fingerprint density at radius 3 is 1.23 bits per heavy atom. The smallest absolute Gasteiger partial charge is 0.475 e. The van der Waals surface area contributed by atoms with Gasteiger partial charge in [0, 0.05) is 96.2 Å². The fraction of sp³-hybridized carbons (Fsp3) is 0.375. The van der Waals surface area contributed by atoms with Gasteiger partial charge in [-0.15, -0.1) is 10.2 Å². The van der Waals surface area contributed by atoms with Crippen molar-refractivity contribution in [3.63, 3.8) is 0 Å². The summed E-state index contributed by atoms with van der Waals surface area (Å²) in [5, 5.41) is 42.5. The van der Waals surface area contributed by atoms with Crippen molar-refractivity contribution in [3.05, 3.63) is 107 Å². The molecule has 26 heteroatoms. The molecule has 0 saturated carbocycles. The van der Waals surface area contributed by atoms with E-state index in [1.54, 1.807) is 33.6 Å². The van der Waals surface area contributed by atoms with Crippen LogP contribution in [0.3, 0.4) is 0 Å². The molecule has 0 bridgehead atoms. The summed E-state index contributed by atoms with van der Waals surface area (Å²) in [7, 11) is 0. The maximum atomic E-state index is 13.1. The van der Waals surface area contributed by atoms with Crippen molar-refractivity contribution in [2.75, 3.05) is 65.4 Å². The summed E-state index contributed by atoms with van der Waals surface area (Å²) in [5.74, 6) is -6.60. The van der Waals surface area contributed by atoms with Crippen molar-refractivity contribution in [1.82, 2.24) is 60.2 Å². The highest BCUT2D eigenvalue weighted by Crippen LogP contribution is 2.35. The van der Waals surface area contributed by atoms with Gasteiger partial charge in [-0.3, -0.25) is 38.8 Å². The maximum Gasteiger partial charge on any atom is 0.490 e. The molecule has 9 rings (SSSR count). The molecule has 2 aromatic heterocycles. The van der Waals surface area contributed by atoms with Gasteiger partial charge in [0.05, 0.1) is 35.2 Å². The van der Waals surface area contributed by atoms with E-state index in [9.17, 15) is 45.5 Å². The summed E-state index contributed by atoms with van der Waals surface area (Å²) < 4.78 is 67.0. The van der Waals surface area contributed by atoms with Crippen LogP contribution in [0.5, 0.6) is 0 Å². The molecule has 4 aromatic carbocycles. The zero-order chi connectivity index (χ0) is 53.5. The molecular weight excluding hydrogens is 987 g/mol. The summed E-state index contributed by atoms with van der Waals surface area (Å²) >= 11 is 0. The number of aromatic nitrogens is 6. The van der Waals surface area contributed by atoms with Gasteiger partial charge in [0.2, 0.25) is 0 Å². The molecule has 0 spiro atoms. The number of carbonyl (C=O) groups excluding carboxylic acids is 4. The van der Waals surface area contributed by atoms with Crippen molar-refractivity contribution >= 4 is 57.1 Å². The van der Waals surface area contributed by atoms with Gasteiger partial charge >= 0.3 is 24.3 Å². The number of benzene rings is 4. The summed E-state index contributed by atoms with van der Waals surface area (Å²) in [6.45, 7) is 12.5. The van der Waals surface area contributed by atoms with E-state index in [0.717, 1.165) is 98.7 Å². The third-order valence-electron chi connectivity index (χ3n) is 12.3. The Morgan fingerprint density at radius 2 is 0.892 bits per heavy atom. The monoisotopic (exact) mass is 1040 g/mol. The van der Waals surface area contributed by atoms with Crippen LogP contribution in [0.1, 0.15) is 79.5 Å². The summed E-state index contributed by atoms with van der Waals surface area (Å²) in [6.07, 6.45) is -4.35. The van der Waals surface area contributed by atoms with Crippen LogP contribution in [0.2, 0.25) is 0 Å². The number of nitrogens with zero attached hydrogens (tertiary/aromatic N) is 10. The predicted octanol–water partition coefficient (Wildman–Crippen LogP) is 4.93. The van der Waals surface area contributed by atoms with Crippen LogP contribution in [0, 0.1) is 0 Å². The maximum absolute atomic E-state index is 13.1. The second-order valence-corrected chi connectivity index (χ2v) is 17.1. The van der Waals surface area contributed by atoms with Gasteiger partial charge in [0.25, 0.3) is 23.6 Å². The minimum atomic E-state index is -5.08. The number of aliphatic carboxylic acids is 2.